The van der Waals surface area contributed by atoms with Gasteiger partial charge in [0.25, 0.3) is 0 Å². The highest BCUT2D eigenvalue weighted by atomic mass is 35.5. The van der Waals surface area contributed by atoms with Crippen LogP contribution in [-0.2, 0) is 16.1 Å². The maximum absolute atomic E-state index is 11.3. The van der Waals surface area contributed by atoms with Gasteiger partial charge in [-0.1, -0.05) is 29.3 Å². The van der Waals surface area contributed by atoms with E-state index in [0.717, 1.165) is 5.56 Å². The van der Waals surface area contributed by atoms with Gasteiger partial charge in [0.2, 0.25) is 5.91 Å². The molecular formula is C10H11Cl2NO2. The molecule has 0 radical (unpaired) electrons. The minimum absolute atomic E-state index is 0.177. The van der Waals surface area contributed by atoms with Gasteiger partial charge in [-0.2, -0.15) is 0 Å². The van der Waals surface area contributed by atoms with E-state index < -0.39 is 0 Å². The van der Waals surface area contributed by atoms with Crippen molar-refractivity contribution in [2.75, 3.05) is 6.61 Å². The minimum Gasteiger partial charge on any atom is -0.274 e. The summed E-state index contributed by atoms with van der Waals surface area (Å²) < 4.78 is 0. The highest BCUT2D eigenvalue weighted by molar-refractivity contribution is 6.35. The molecule has 3 nitrogen and oxygen atoms in total. The van der Waals surface area contributed by atoms with E-state index in [-0.39, 0.29) is 12.3 Å². The molecule has 15 heavy (non-hydrogen) atoms. The maximum atomic E-state index is 11.3. The predicted octanol–water partition coefficient (Wildman–Crippen LogP) is 2.60. The number of hydrogen-bond donors (Lipinski definition) is 1. The van der Waals surface area contributed by atoms with Gasteiger partial charge in [0.1, 0.15) is 0 Å². The lowest BCUT2D eigenvalue weighted by Crippen LogP contribution is -2.25. The Labute approximate surface area is 98.3 Å². The first-order chi connectivity index (χ1) is 7.13. The molecule has 82 valence electrons. The van der Waals surface area contributed by atoms with Crippen LogP contribution in [0.15, 0.2) is 18.2 Å². The molecule has 1 amide bonds. The van der Waals surface area contributed by atoms with Crippen LogP contribution in [0.5, 0.6) is 0 Å². The van der Waals surface area contributed by atoms with Crippen LogP contribution < -0.4 is 5.48 Å². The summed E-state index contributed by atoms with van der Waals surface area (Å²) in [6, 6.07) is 5.01. The number of carbonyl (C=O) groups excluding carboxylic acids is 1. The number of amides is 1. The Hall–Kier alpha value is -0.770. The first-order valence-electron chi connectivity index (χ1n) is 4.48. The quantitative estimate of drug-likeness (QED) is 0.831. The van der Waals surface area contributed by atoms with Gasteiger partial charge in [0, 0.05) is 10.0 Å². The third kappa shape index (κ3) is 4.08. The molecule has 1 aromatic carbocycles. The summed E-state index contributed by atoms with van der Waals surface area (Å²) in [6.45, 7) is 2.22. The Morgan fingerprint density at radius 3 is 2.80 bits per heavy atom. The molecule has 0 spiro atoms. The summed E-state index contributed by atoms with van der Waals surface area (Å²) in [4.78, 5) is 16.0. The van der Waals surface area contributed by atoms with Crippen LogP contribution in [0.4, 0.5) is 0 Å². The van der Waals surface area contributed by atoms with Gasteiger partial charge in [-0.25, -0.2) is 5.48 Å². The first-order valence-corrected chi connectivity index (χ1v) is 5.23. The molecule has 0 saturated heterocycles. The van der Waals surface area contributed by atoms with Crippen molar-refractivity contribution in [2.24, 2.45) is 0 Å². The molecule has 0 aliphatic carbocycles. The number of benzene rings is 1. The van der Waals surface area contributed by atoms with Gasteiger partial charge in [-0.05, 0) is 24.6 Å². The fourth-order valence-corrected chi connectivity index (χ4v) is 1.50. The molecule has 0 saturated carbocycles. The molecule has 0 unspecified atom stereocenters. The van der Waals surface area contributed by atoms with Crippen molar-refractivity contribution in [1.82, 2.24) is 5.48 Å². The van der Waals surface area contributed by atoms with Crippen LogP contribution in [0.2, 0.25) is 10.0 Å². The van der Waals surface area contributed by atoms with E-state index in [9.17, 15) is 4.79 Å². The molecule has 0 aliphatic rings. The third-order valence-electron chi connectivity index (χ3n) is 1.70. The second-order valence-corrected chi connectivity index (χ2v) is 3.71. The van der Waals surface area contributed by atoms with Gasteiger partial charge in [0.15, 0.2) is 0 Å². The van der Waals surface area contributed by atoms with E-state index >= 15 is 0 Å². The van der Waals surface area contributed by atoms with Crippen molar-refractivity contribution in [3.63, 3.8) is 0 Å². The van der Waals surface area contributed by atoms with E-state index in [2.05, 4.69) is 5.48 Å². The Balaban J connectivity index is 2.60. The largest absolute Gasteiger partial charge is 0.274 e. The van der Waals surface area contributed by atoms with Crippen LogP contribution in [0, 0.1) is 0 Å². The average molecular weight is 248 g/mol. The van der Waals surface area contributed by atoms with Crippen molar-refractivity contribution < 1.29 is 9.63 Å². The van der Waals surface area contributed by atoms with Crippen LogP contribution >= 0.6 is 23.2 Å². The third-order valence-corrected chi connectivity index (χ3v) is 2.28. The number of halogens is 2. The Morgan fingerprint density at radius 1 is 1.47 bits per heavy atom. The van der Waals surface area contributed by atoms with Crippen molar-refractivity contribution in [2.45, 2.75) is 13.3 Å². The molecule has 0 bridgehead atoms. The predicted molar refractivity (Wildman–Crippen MR) is 59.9 cm³/mol. The van der Waals surface area contributed by atoms with Crippen LogP contribution in [0.3, 0.4) is 0 Å². The molecule has 1 aromatic rings. The van der Waals surface area contributed by atoms with Crippen molar-refractivity contribution in [3.8, 4) is 0 Å². The van der Waals surface area contributed by atoms with Gasteiger partial charge < -0.3 is 0 Å². The minimum atomic E-state index is -0.235. The molecule has 0 atom stereocenters. The number of carbonyl (C=O) groups is 1. The standard InChI is InChI=1S/C10H11Cl2NO2/c1-2-15-13-10(14)5-7-3-4-8(11)6-9(7)12/h3-4,6H,2,5H2,1H3,(H,13,14). The lowest BCUT2D eigenvalue weighted by atomic mass is 10.1. The monoisotopic (exact) mass is 247 g/mol. The Bertz CT molecular complexity index is 355. The molecule has 0 aromatic heterocycles. The maximum Gasteiger partial charge on any atom is 0.248 e. The van der Waals surface area contributed by atoms with E-state index in [0.29, 0.717) is 16.7 Å². The SMILES string of the molecule is CCONC(=O)Cc1ccc(Cl)cc1Cl. The molecule has 0 heterocycles. The Morgan fingerprint density at radius 2 is 2.20 bits per heavy atom. The van der Waals surface area contributed by atoms with Crippen LogP contribution in [0.25, 0.3) is 0 Å². The first kappa shape index (κ1) is 12.3. The molecule has 0 aliphatic heterocycles. The lowest BCUT2D eigenvalue weighted by Gasteiger charge is -2.05. The van der Waals surface area contributed by atoms with Crippen LogP contribution in [-0.4, -0.2) is 12.5 Å². The second kappa shape index (κ2) is 5.95. The second-order valence-electron chi connectivity index (χ2n) is 2.87. The molecule has 0 fully saturated rings. The highest BCUT2D eigenvalue weighted by Gasteiger charge is 2.07. The van der Waals surface area contributed by atoms with E-state index in [1.165, 1.54) is 0 Å². The van der Waals surface area contributed by atoms with E-state index in [1.54, 1.807) is 25.1 Å². The summed E-state index contributed by atoms with van der Waals surface area (Å²) in [5, 5.41) is 1.03. The smallest absolute Gasteiger partial charge is 0.248 e. The Kier molecular flexibility index (Phi) is 4.88. The number of nitrogens with one attached hydrogen (secondary N) is 1. The lowest BCUT2D eigenvalue weighted by molar-refractivity contribution is -0.132. The van der Waals surface area contributed by atoms with Gasteiger partial charge >= 0.3 is 0 Å². The summed E-state index contributed by atoms with van der Waals surface area (Å²) in [5.41, 5.74) is 3.01. The van der Waals surface area contributed by atoms with E-state index in [4.69, 9.17) is 28.0 Å². The van der Waals surface area contributed by atoms with Crippen molar-refractivity contribution in [3.05, 3.63) is 33.8 Å². The fourth-order valence-electron chi connectivity index (χ4n) is 1.03. The number of rotatable bonds is 4. The topological polar surface area (TPSA) is 38.3 Å². The summed E-state index contributed by atoms with van der Waals surface area (Å²) >= 11 is 11.6. The molecular weight excluding hydrogens is 237 g/mol. The van der Waals surface area contributed by atoms with Crippen molar-refractivity contribution in [1.29, 1.82) is 0 Å². The molecule has 1 N–H and O–H groups in total. The zero-order chi connectivity index (χ0) is 11.3. The summed E-state index contributed by atoms with van der Waals surface area (Å²) in [7, 11) is 0. The number of hydrogen-bond acceptors (Lipinski definition) is 2. The zero-order valence-electron chi connectivity index (χ0n) is 8.22. The highest BCUT2D eigenvalue weighted by Crippen LogP contribution is 2.21. The number of hydroxylamine groups is 1. The van der Waals surface area contributed by atoms with Crippen molar-refractivity contribution >= 4 is 29.1 Å². The van der Waals surface area contributed by atoms with Crippen LogP contribution in [0.1, 0.15) is 12.5 Å². The fraction of sp³-hybridized carbons (Fsp3) is 0.300. The zero-order valence-corrected chi connectivity index (χ0v) is 9.73. The normalized spacial score (nSPS) is 10.1. The van der Waals surface area contributed by atoms with Gasteiger partial charge in [-0.3, -0.25) is 9.63 Å². The molecule has 5 heteroatoms. The average Bonchev–Trinajstić information content (AvgIpc) is 2.19. The van der Waals surface area contributed by atoms with Gasteiger partial charge in [-0.15, -0.1) is 0 Å². The molecule has 1 rings (SSSR count). The summed E-state index contributed by atoms with van der Waals surface area (Å²) in [5.74, 6) is -0.235. The van der Waals surface area contributed by atoms with E-state index in [1.807, 2.05) is 0 Å². The summed E-state index contributed by atoms with van der Waals surface area (Å²) in [6.07, 6.45) is 0.177. The van der Waals surface area contributed by atoms with Gasteiger partial charge in [0.05, 0.1) is 13.0 Å².